The molecule has 0 radical (unpaired) electrons. The second-order valence-corrected chi connectivity index (χ2v) is 6.98. The number of hydrogen-bond acceptors (Lipinski definition) is 6. The van der Waals surface area contributed by atoms with Gasteiger partial charge in [0.25, 0.3) is 0 Å². The maximum atomic E-state index is 4.68. The van der Waals surface area contributed by atoms with Crippen molar-refractivity contribution < 1.29 is 0 Å². The molecule has 0 unspecified atom stereocenters. The van der Waals surface area contributed by atoms with Gasteiger partial charge in [-0.1, -0.05) is 0 Å². The molecule has 0 saturated heterocycles. The summed E-state index contributed by atoms with van der Waals surface area (Å²) in [7, 11) is 0. The summed E-state index contributed by atoms with van der Waals surface area (Å²) < 4.78 is 2.22. The van der Waals surface area contributed by atoms with Crippen LogP contribution in [0.1, 0.15) is 25.6 Å². The van der Waals surface area contributed by atoms with Crippen LogP contribution in [-0.2, 0) is 0 Å². The Bertz CT molecular complexity index is 1030. The molecule has 0 bridgehead atoms. The van der Waals surface area contributed by atoms with Crippen molar-refractivity contribution in [1.29, 1.82) is 0 Å². The van der Waals surface area contributed by atoms with Gasteiger partial charge in [0.2, 0.25) is 5.95 Å². The number of fused-ring (bicyclic) bond motifs is 1. The van der Waals surface area contributed by atoms with Crippen LogP contribution in [0.4, 0.5) is 11.1 Å². The van der Waals surface area contributed by atoms with Gasteiger partial charge in [-0.3, -0.25) is 4.98 Å². The highest BCUT2D eigenvalue weighted by Gasteiger charge is 2.14. The zero-order valence-corrected chi connectivity index (χ0v) is 15.1. The average molecular weight is 350 g/mol. The third kappa shape index (κ3) is 2.98. The molecule has 0 aliphatic rings. The molecular formula is C18H18N6S. The van der Waals surface area contributed by atoms with Crippen LogP contribution in [0.5, 0.6) is 0 Å². The lowest BCUT2D eigenvalue weighted by Gasteiger charge is -2.08. The van der Waals surface area contributed by atoms with Crippen molar-refractivity contribution in [1.82, 2.24) is 24.5 Å². The maximum absolute atomic E-state index is 4.68. The largest absolute Gasteiger partial charge is 0.343 e. The van der Waals surface area contributed by atoms with Crippen molar-refractivity contribution in [3.05, 3.63) is 48.0 Å². The normalized spacial score (nSPS) is 11.4. The minimum absolute atomic E-state index is 0.346. The minimum Gasteiger partial charge on any atom is -0.343 e. The Balaban J connectivity index is 1.77. The van der Waals surface area contributed by atoms with Crippen molar-refractivity contribution in [3.8, 4) is 11.3 Å². The topological polar surface area (TPSA) is 68.5 Å². The Morgan fingerprint density at radius 2 is 2.04 bits per heavy atom. The van der Waals surface area contributed by atoms with E-state index in [1.807, 2.05) is 36.8 Å². The second-order valence-electron chi connectivity index (χ2n) is 6.12. The number of hydrogen-bond donors (Lipinski definition) is 1. The van der Waals surface area contributed by atoms with Crippen molar-refractivity contribution in [2.45, 2.75) is 26.8 Å². The molecule has 0 aliphatic carbocycles. The first-order chi connectivity index (χ1) is 12.1. The van der Waals surface area contributed by atoms with Gasteiger partial charge >= 0.3 is 0 Å². The molecule has 25 heavy (non-hydrogen) atoms. The number of thiazole rings is 1. The van der Waals surface area contributed by atoms with Gasteiger partial charge in [0.1, 0.15) is 0 Å². The lowest BCUT2D eigenvalue weighted by Crippen LogP contribution is -1.98. The van der Waals surface area contributed by atoms with Gasteiger partial charge in [-0.15, -0.1) is 11.3 Å². The Labute approximate surface area is 149 Å². The summed E-state index contributed by atoms with van der Waals surface area (Å²) in [6.07, 6.45) is 7.62. The molecule has 0 fully saturated rings. The predicted octanol–water partition coefficient (Wildman–Crippen LogP) is 4.58. The fourth-order valence-electron chi connectivity index (χ4n) is 2.81. The molecule has 0 atom stereocenters. The number of anilines is 2. The molecule has 4 aromatic rings. The molecule has 4 aromatic heterocycles. The van der Waals surface area contributed by atoms with E-state index in [9.17, 15) is 0 Å². The van der Waals surface area contributed by atoms with E-state index in [4.69, 9.17) is 0 Å². The highest BCUT2D eigenvalue weighted by molar-refractivity contribution is 7.13. The van der Waals surface area contributed by atoms with Crippen LogP contribution in [0.3, 0.4) is 0 Å². The highest BCUT2D eigenvalue weighted by atomic mass is 32.1. The maximum Gasteiger partial charge on any atom is 0.229 e. The van der Waals surface area contributed by atoms with Crippen molar-refractivity contribution >= 4 is 33.3 Å². The molecule has 0 saturated carbocycles. The quantitative estimate of drug-likeness (QED) is 0.583. The summed E-state index contributed by atoms with van der Waals surface area (Å²) in [4.78, 5) is 17.7. The van der Waals surface area contributed by atoms with Crippen LogP contribution < -0.4 is 5.32 Å². The molecule has 1 N–H and O–H groups in total. The second kappa shape index (κ2) is 6.25. The third-order valence-corrected chi connectivity index (χ3v) is 4.84. The fourth-order valence-corrected chi connectivity index (χ4v) is 3.49. The van der Waals surface area contributed by atoms with E-state index in [1.165, 1.54) is 0 Å². The highest BCUT2D eigenvalue weighted by Crippen LogP contribution is 2.31. The number of aryl methyl sites for hydroxylation is 1. The number of pyridine rings is 1. The summed E-state index contributed by atoms with van der Waals surface area (Å²) in [5.41, 5.74) is 4.04. The van der Waals surface area contributed by atoms with E-state index in [2.05, 4.69) is 49.9 Å². The predicted molar refractivity (Wildman–Crippen MR) is 101 cm³/mol. The standard InChI is InChI=1S/C18H18N6S/c1-11(2)24-9-14(13-4-6-19-8-16(13)24)15-5-7-20-17(22-15)23-18-21-12(3)10-25-18/h4-11H,1-3H3,(H,20,21,22,23). The van der Waals surface area contributed by atoms with Crippen molar-refractivity contribution in [3.63, 3.8) is 0 Å². The van der Waals surface area contributed by atoms with E-state index < -0.39 is 0 Å². The van der Waals surface area contributed by atoms with Crippen molar-refractivity contribution in [2.24, 2.45) is 0 Å². The smallest absolute Gasteiger partial charge is 0.229 e. The molecule has 0 aromatic carbocycles. The lowest BCUT2D eigenvalue weighted by molar-refractivity contribution is 0.622. The molecule has 4 rings (SSSR count). The number of nitrogens with one attached hydrogen (secondary N) is 1. The first kappa shape index (κ1) is 15.7. The molecule has 0 aliphatic heterocycles. The minimum atomic E-state index is 0.346. The molecule has 7 heteroatoms. The summed E-state index contributed by atoms with van der Waals surface area (Å²) in [6.45, 7) is 6.29. The van der Waals surface area contributed by atoms with Crippen molar-refractivity contribution in [2.75, 3.05) is 5.32 Å². The molecule has 6 nitrogen and oxygen atoms in total. The molecule has 126 valence electrons. The van der Waals surface area contributed by atoms with Gasteiger partial charge < -0.3 is 9.88 Å². The van der Waals surface area contributed by atoms with Crippen LogP contribution in [0.25, 0.3) is 22.2 Å². The van der Waals surface area contributed by atoms with Gasteiger partial charge in [-0.25, -0.2) is 15.0 Å². The van der Waals surface area contributed by atoms with Crippen LogP contribution in [0, 0.1) is 6.92 Å². The first-order valence-corrected chi connectivity index (χ1v) is 8.97. The zero-order chi connectivity index (χ0) is 17.4. The average Bonchev–Trinajstić information content (AvgIpc) is 3.19. The van der Waals surface area contributed by atoms with Gasteiger partial charge in [0.15, 0.2) is 5.13 Å². The van der Waals surface area contributed by atoms with Crippen LogP contribution in [0.15, 0.2) is 42.3 Å². The summed E-state index contributed by atoms with van der Waals surface area (Å²) in [5, 5.41) is 7.11. The van der Waals surface area contributed by atoms with E-state index in [0.717, 1.165) is 33.0 Å². The number of rotatable bonds is 4. The lowest BCUT2D eigenvalue weighted by atomic mass is 10.1. The molecular weight excluding hydrogens is 332 g/mol. The SMILES string of the molecule is Cc1csc(Nc2nccc(-c3cn(C(C)C)c4cnccc34)n2)n1. The van der Waals surface area contributed by atoms with Gasteiger partial charge in [-0.2, -0.15) is 0 Å². The van der Waals surface area contributed by atoms with Gasteiger partial charge in [0.05, 0.1) is 23.1 Å². The summed E-state index contributed by atoms with van der Waals surface area (Å²) in [5.74, 6) is 0.548. The molecule has 4 heterocycles. The van der Waals surface area contributed by atoms with Gasteiger partial charge in [0, 0.05) is 41.0 Å². The van der Waals surface area contributed by atoms with E-state index in [-0.39, 0.29) is 0 Å². The monoisotopic (exact) mass is 350 g/mol. The van der Waals surface area contributed by atoms with Gasteiger partial charge in [-0.05, 0) is 32.9 Å². The number of aromatic nitrogens is 5. The Morgan fingerprint density at radius 1 is 1.16 bits per heavy atom. The van der Waals surface area contributed by atoms with E-state index in [0.29, 0.717) is 12.0 Å². The van der Waals surface area contributed by atoms with E-state index >= 15 is 0 Å². The Kier molecular flexibility index (Phi) is 3.93. The molecule has 0 amide bonds. The van der Waals surface area contributed by atoms with E-state index in [1.54, 1.807) is 17.5 Å². The molecule has 0 spiro atoms. The van der Waals surface area contributed by atoms with Crippen LogP contribution in [-0.4, -0.2) is 24.5 Å². The zero-order valence-electron chi connectivity index (χ0n) is 14.3. The first-order valence-electron chi connectivity index (χ1n) is 8.09. The number of nitrogens with zero attached hydrogens (tertiary/aromatic N) is 5. The Morgan fingerprint density at radius 3 is 2.80 bits per heavy atom. The third-order valence-electron chi connectivity index (χ3n) is 3.96. The summed E-state index contributed by atoms with van der Waals surface area (Å²) >= 11 is 1.54. The van der Waals surface area contributed by atoms with Crippen LogP contribution >= 0.6 is 11.3 Å². The summed E-state index contributed by atoms with van der Waals surface area (Å²) in [6, 6.07) is 4.30. The Hall–Kier alpha value is -2.80. The van der Waals surface area contributed by atoms with Crippen LogP contribution in [0.2, 0.25) is 0 Å². The fraction of sp³-hybridized carbons (Fsp3) is 0.222.